The lowest BCUT2D eigenvalue weighted by molar-refractivity contribution is -0.141. The molecule has 4 rings (SSSR count). The van der Waals surface area contributed by atoms with E-state index in [-0.39, 0.29) is 16.4 Å². The summed E-state index contributed by atoms with van der Waals surface area (Å²) in [6, 6.07) is 3.06. The van der Waals surface area contributed by atoms with Crippen molar-refractivity contribution >= 4 is 35.0 Å². The van der Waals surface area contributed by atoms with Gasteiger partial charge in [-0.3, -0.25) is 4.79 Å². The molecule has 0 aliphatic carbocycles. The molecule has 3 heterocycles. The van der Waals surface area contributed by atoms with Crippen LogP contribution in [0.2, 0.25) is 0 Å². The minimum Gasteiger partial charge on any atom is -0.480 e. The maximum atomic E-state index is 14.3. The van der Waals surface area contributed by atoms with E-state index in [2.05, 4.69) is 0 Å². The molecule has 130 valence electrons. The highest BCUT2D eigenvalue weighted by Crippen LogP contribution is 2.48. The van der Waals surface area contributed by atoms with Crippen LogP contribution >= 0.6 is 23.1 Å². The van der Waals surface area contributed by atoms with Gasteiger partial charge in [0.1, 0.15) is 17.7 Å². The molecule has 25 heavy (non-hydrogen) atoms. The summed E-state index contributed by atoms with van der Waals surface area (Å²) in [6.07, 6.45) is 1.08. The van der Waals surface area contributed by atoms with E-state index >= 15 is 0 Å². The lowest BCUT2D eigenvalue weighted by Gasteiger charge is -2.20. The van der Waals surface area contributed by atoms with E-state index in [1.54, 1.807) is 6.07 Å². The number of carbonyl (C=O) groups excluding carboxylic acids is 1. The fraction of sp³-hybridized carbons (Fsp3) is 0.294. The second kappa shape index (κ2) is 6.10. The lowest BCUT2D eigenvalue weighted by atomic mass is 10.1. The predicted octanol–water partition coefficient (Wildman–Crippen LogP) is 3.99. The molecule has 1 amide bonds. The summed E-state index contributed by atoms with van der Waals surface area (Å²) in [7, 11) is 0. The van der Waals surface area contributed by atoms with Crippen LogP contribution in [-0.2, 0) is 10.5 Å². The highest BCUT2D eigenvalue weighted by Gasteiger charge is 2.36. The summed E-state index contributed by atoms with van der Waals surface area (Å²) in [6.45, 7) is 0.396. The van der Waals surface area contributed by atoms with Crippen LogP contribution in [0.25, 0.3) is 10.4 Å². The molecule has 1 atom stereocenters. The fourth-order valence-electron chi connectivity index (χ4n) is 3.30. The largest absolute Gasteiger partial charge is 0.480 e. The van der Waals surface area contributed by atoms with Gasteiger partial charge in [-0.25, -0.2) is 13.6 Å². The van der Waals surface area contributed by atoms with E-state index in [4.69, 9.17) is 0 Å². The SMILES string of the molecule is O=C(O)C1CCCN1C(=O)c1cc2c(s1)-c1c(F)ccc(F)c1SC2. The second-order valence-corrected chi connectivity index (χ2v) is 8.02. The summed E-state index contributed by atoms with van der Waals surface area (Å²) >= 11 is 2.31. The van der Waals surface area contributed by atoms with Crippen molar-refractivity contribution in [3.63, 3.8) is 0 Å². The first-order chi connectivity index (χ1) is 12.0. The van der Waals surface area contributed by atoms with Gasteiger partial charge in [-0.1, -0.05) is 0 Å². The number of benzene rings is 1. The third-order valence-electron chi connectivity index (χ3n) is 4.48. The lowest BCUT2D eigenvalue weighted by Crippen LogP contribution is -2.40. The van der Waals surface area contributed by atoms with E-state index in [0.717, 1.165) is 29.0 Å². The molecule has 4 nitrogen and oxygen atoms in total. The maximum Gasteiger partial charge on any atom is 0.326 e. The first-order valence-electron chi connectivity index (χ1n) is 7.75. The van der Waals surface area contributed by atoms with E-state index in [0.29, 0.717) is 34.9 Å². The minimum absolute atomic E-state index is 0.200. The van der Waals surface area contributed by atoms with Crippen molar-refractivity contribution in [3.05, 3.63) is 40.3 Å². The summed E-state index contributed by atoms with van der Waals surface area (Å²) in [4.78, 5) is 26.6. The average molecular weight is 381 g/mol. The Bertz CT molecular complexity index is 896. The zero-order valence-electron chi connectivity index (χ0n) is 12.9. The number of aliphatic carboxylic acids is 1. The number of hydrogen-bond donors (Lipinski definition) is 1. The maximum absolute atomic E-state index is 14.3. The molecular weight excluding hydrogens is 368 g/mol. The molecule has 2 aliphatic rings. The standard InChI is InChI=1S/C17H13F2NO3S2/c18-9-3-4-10(19)15-13(9)14-8(7-24-15)6-12(25-14)16(21)20-5-1-2-11(20)17(22)23/h3-4,6,11H,1-2,5,7H2,(H,22,23). The number of carboxylic acids is 1. The van der Waals surface area contributed by atoms with Gasteiger partial charge < -0.3 is 10.0 Å². The Morgan fingerprint density at radius 3 is 2.76 bits per heavy atom. The fourth-order valence-corrected chi connectivity index (χ4v) is 5.72. The van der Waals surface area contributed by atoms with Crippen LogP contribution < -0.4 is 0 Å². The molecule has 8 heteroatoms. The van der Waals surface area contributed by atoms with Gasteiger partial charge in [0.05, 0.1) is 9.77 Å². The molecule has 0 radical (unpaired) electrons. The number of hydrogen-bond acceptors (Lipinski definition) is 4. The molecule has 1 N–H and O–H groups in total. The van der Waals surface area contributed by atoms with Crippen LogP contribution in [0.15, 0.2) is 23.1 Å². The number of amides is 1. The smallest absolute Gasteiger partial charge is 0.326 e. The predicted molar refractivity (Wildman–Crippen MR) is 90.9 cm³/mol. The Hall–Kier alpha value is -1.93. The number of thioether (sulfide) groups is 1. The van der Waals surface area contributed by atoms with E-state index in [1.165, 1.54) is 16.7 Å². The third kappa shape index (κ3) is 2.64. The van der Waals surface area contributed by atoms with E-state index in [9.17, 15) is 23.5 Å². The summed E-state index contributed by atoms with van der Waals surface area (Å²) in [5.74, 6) is -1.91. The summed E-state index contributed by atoms with van der Waals surface area (Å²) in [5, 5.41) is 9.25. The molecule has 0 bridgehead atoms. The third-order valence-corrected chi connectivity index (χ3v) is 6.80. The monoisotopic (exact) mass is 381 g/mol. The number of nitrogens with zero attached hydrogens (tertiary/aromatic N) is 1. The van der Waals surface area contributed by atoms with Crippen LogP contribution in [0.4, 0.5) is 8.78 Å². The average Bonchev–Trinajstić information content (AvgIpc) is 3.23. The summed E-state index contributed by atoms with van der Waals surface area (Å²) < 4.78 is 28.2. The minimum atomic E-state index is -1.01. The van der Waals surface area contributed by atoms with Crippen molar-refractivity contribution < 1.29 is 23.5 Å². The van der Waals surface area contributed by atoms with Crippen molar-refractivity contribution in [2.45, 2.75) is 29.5 Å². The Morgan fingerprint density at radius 1 is 1.24 bits per heavy atom. The molecule has 2 aliphatic heterocycles. The van der Waals surface area contributed by atoms with Gasteiger partial charge in [-0.15, -0.1) is 23.1 Å². The van der Waals surface area contributed by atoms with Crippen LogP contribution in [0.5, 0.6) is 0 Å². The van der Waals surface area contributed by atoms with E-state index in [1.807, 2.05) is 0 Å². The molecule has 1 saturated heterocycles. The van der Waals surface area contributed by atoms with Crippen molar-refractivity contribution in [2.24, 2.45) is 0 Å². The van der Waals surface area contributed by atoms with Gasteiger partial charge in [0.15, 0.2) is 0 Å². The Labute approximate surface area is 150 Å². The van der Waals surface area contributed by atoms with Crippen molar-refractivity contribution in [1.29, 1.82) is 0 Å². The zero-order valence-corrected chi connectivity index (χ0v) is 14.6. The van der Waals surface area contributed by atoms with Crippen LogP contribution in [-0.4, -0.2) is 34.5 Å². The van der Waals surface area contributed by atoms with Crippen molar-refractivity contribution in [3.8, 4) is 10.4 Å². The normalized spacial score (nSPS) is 18.8. The number of halogens is 2. The first-order valence-corrected chi connectivity index (χ1v) is 9.55. The van der Waals surface area contributed by atoms with Crippen LogP contribution in [0.1, 0.15) is 28.1 Å². The van der Waals surface area contributed by atoms with Crippen LogP contribution in [0, 0.1) is 11.6 Å². The molecule has 1 unspecified atom stereocenters. The van der Waals surface area contributed by atoms with Gasteiger partial charge in [0.2, 0.25) is 0 Å². The quantitative estimate of drug-likeness (QED) is 0.855. The first kappa shape index (κ1) is 16.5. The van der Waals surface area contributed by atoms with Gasteiger partial charge >= 0.3 is 5.97 Å². The van der Waals surface area contributed by atoms with Gasteiger partial charge in [-0.2, -0.15) is 0 Å². The highest BCUT2D eigenvalue weighted by molar-refractivity contribution is 7.98. The molecule has 2 aromatic rings. The molecular formula is C17H13F2NO3S2. The van der Waals surface area contributed by atoms with E-state index < -0.39 is 23.6 Å². The molecule has 0 spiro atoms. The number of fused-ring (bicyclic) bond motifs is 3. The second-order valence-electron chi connectivity index (χ2n) is 5.98. The zero-order chi connectivity index (χ0) is 17.7. The molecule has 0 saturated carbocycles. The van der Waals surface area contributed by atoms with Crippen molar-refractivity contribution in [2.75, 3.05) is 6.54 Å². The van der Waals surface area contributed by atoms with Crippen LogP contribution in [0.3, 0.4) is 0 Å². The van der Waals surface area contributed by atoms with Gasteiger partial charge in [0.25, 0.3) is 5.91 Å². The number of carbonyl (C=O) groups is 2. The number of rotatable bonds is 2. The Morgan fingerprint density at radius 2 is 2.00 bits per heavy atom. The topological polar surface area (TPSA) is 57.6 Å². The van der Waals surface area contributed by atoms with Gasteiger partial charge in [-0.05, 0) is 36.6 Å². The molecule has 1 aromatic heterocycles. The molecule has 1 aromatic carbocycles. The number of thiophene rings is 1. The highest BCUT2D eigenvalue weighted by atomic mass is 32.2. The Balaban J connectivity index is 1.74. The van der Waals surface area contributed by atoms with Crippen molar-refractivity contribution in [1.82, 2.24) is 4.90 Å². The Kier molecular flexibility index (Phi) is 4.04. The van der Waals surface area contributed by atoms with Gasteiger partial charge in [0, 0.05) is 22.7 Å². The number of likely N-dealkylation sites (tertiary alicyclic amines) is 1. The molecule has 1 fully saturated rings. The number of carboxylic acid groups (broad SMARTS) is 1. The summed E-state index contributed by atoms with van der Waals surface area (Å²) in [5.41, 5.74) is 0.980.